The third-order valence-corrected chi connectivity index (χ3v) is 1.66. The zero-order chi connectivity index (χ0) is 11.6. The number of rotatable bonds is 2. The Morgan fingerprint density at radius 1 is 1.53 bits per heavy atom. The molecule has 0 fully saturated rings. The van der Waals surface area contributed by atoms with Crippen molar-refractivity contribution in [3.63, 3.8) is 0 Å². The van der Waals surface area contributed by atoms with E-state index in [0.717, 1.165) is 4.57 Å². The highest BCUT2D eigenvalue weighted by atomic mass is 19.4. The molecule has 84 valence electrons. The molecule has 0 spiro atoms. The Morgan fingerprint density at radius 3 is 2.60 bits per heavy atom. The summed E-state index contributed by atoms with van der Waals surface area (Å²) in [6, 6.07) is 0.0972. The number of nitrogens with zero attached hydrogens (tertiary/aromatic N) is 2. The number of alkyl halides is 3. The van der Waals surface area contributed by atoms with Crippen molar-refractivity contribution in [2.45, 2.75) is 13.1 Å². The maximum absolute atomic E-state index is 12.3. The van der Waals surface area contributed by atoms with Crippen LogP contribution < -0.4 is 10.3 Å². The van der Waals surface area contributed by atoms with Crippen LogP contribution in [0.5, 0.6) is 6.01 Å². The second-order valence-electron chi connectivity index (χ2n) is 2.75. The second kappa shape index (κ2) is 3.92. The van der Waals surface area contributed by atoms with E-state index in [2.05, 4.69) is 4.98 Å². The van der Waals surface area contributed by atoms with E-state index < -0.39 is 17.4 Å². The van der Waals surface area contributed by atoms with Gasteiger partial charge >= 0.3 is 6.18 Å². The predicted molar refractivity (Wildman–Crippen MR) is 45.6 cm³/mol. The molecule has 1 rings (SSSR count). The van der Waals surface area contributed by atoms with Crippen molar-refractivity contribution in [1.29, 1.82) is 0 Å². The van der Waals surface area contributed by atoms with E-state index >= 15 is 0 Å². The third kappa shape index (κ3) is 2.48. The Hall–Kier alpha value is -1.53. The number of hydrogen-bond donors (Lipinski definition) is 0. The van der Waals surface area contributed by atoms with Crippen molar-refractivity contribution in [1.82, 2.24) is 9.55 Å². The van der Waals surface area contributed by atoms with Gasteiger partial charge in [-0.05, 0) is 6.92 Å². The van der Waals surface area contributed by atoms with Gasteiger partial charge in [0.1, 0.15) is 0 Å². The highest BCUT2D eigenvalue weighted by Crippen LogP contribution is 2.27. The molecule has 0 N–H and O–H groups in total. The van der Waals surface area contributed by atoms with Gasteiger partial charge in [0.05, 0.1) is 6.61 Å². The van der Waals surface area contributed by atoms with E-state index in [9.17, 15) is 18.0 Å². The van der Waals surface area contributed by atoms with Gasteiger partial charge in [-0.15, -0.1) is 0 Å². The first-order chi connectivity index (χ1) is 6.86. The fourth-order valence-electron chi connectivity index (χ4n) is 0.922. The maximum atomic E-state index is 12.3. The van der Waals surface area contributed by atoms with E-state index in [1.165, 1.54) is 7.05 Å². The summed E-state index contributed by atoms with van der Waals surface area (Å²) in [5, 5.41) is 0. The summed E-state index contributed by atoms with van der Waals surface area (Å²) in [5.41, 5.74) is -2.05. The minimum absolute atomic E-state index is 0.140. The van der Waals surface area contributed by atoms with Crippen LogP contribution in [0.15, 0.2) is 10.9 Å². The first-order valence-electron chi connectivity index (χ1n) is 4.14. The smallest absolute Gasteiger partial charge is 0.433 e. The Labute approximate surface area is 83.3 Å². The van der Waals surface area contributed by atoms with E-state index in [0.29, 0.717) is 6.07 Å². The lowest BCUT2D eigenvalue weighted by molar-refractivity contribution is -0.141. The molecule has 0 amide bonds. The van der Waals surface area contributed by atoms with Crippen molar-refractivity contribution >= 4 is 0 Å². The largest absolute Gasteiger partial charge is 0.465 e. The van der Waals surface area contributed by atoms with E-state index in [1.807, 2.05) is 0 Å². The molecular weight excluding hydrogens is 213 g/mol. The Bertz CT molecular complexity index is 411. The molecule has 0 unspecified atom stereocenters. The molecule has 0 atom stereocenters. The van der Waals surface area contributed by atoms with Gasteiger partial charge in [0.2, 0.25) is 0 Å². The zero-order valence-corrected chi connectivity index (χ0v) is 8.13. The number of aromatic nitrogens is 2. The van der Waals surface area contributed by atoms with Gasteiger partial charge in [-0.25, -0.2) is 0 Å². The fraction of sp³-hybridized carbons (Fsp3) is 0.500. The molecule has 0 radical (unpaired) electrons. The lowest BCUT2D eigenvalue weighted by atomic mass is 10.4. The number of hydrogen-bond acceptors (Lipinski definition) is 3. The Morgan fingerprint density at radius 2 is 2.13 bits per heavy atom. The quantitative estimate of drug-likeness (QED) is 0.755. The molecule has 1 aromatic rings. The van der Waals surface area contributed by atoms with Crippen molar-refractivity contribution in [2.75, 3.05) is 6.61 Å². The summed E-state index contributed by atoms with van der Waals surface area (Å²) >= 11 is 0. The molecule has 1 aromatic heterocycles. The van der Waals surface area contributed by atoms with Gasteiger partial charge in [0, 0.05) is 13.1 Å². The molecule has 0 saturated carbocycles. The van der Waals surface area contributed by atoms with Gasteiger partial charge in [-0.3, -0.25) is 9.36 Å². The van der Waals surface area contributed by atoms with Gasteiger partial charge in [0.15, 0.2) is 5.69 Å². The molecule has 4 nitrogen and oxygen atoms in total. The number of halogens is 3. The summed E-state index contributed by atoms with van der Waals surface area (Å²) in [6.45, 7) is 1.73. The number of ether oxygens (including phenoxy) is 1. The highest BCUT2D eigenvalue weighted by Gasteiger charge is 2.34. The summed E-state index contributed by atoms with van der Waals surface area (Å²) in [7, 11) is 1.29. The van der Waals surface area contributed by atoms with Crippen LogP contribution >= 0.6 is 0 Å². The minimum atomic E-state index is -4.64. The monoisotopic (exact) mass is 222 g/mol. The van der Waals surface area contributed by atoms with Crippen LogP contribution in [0.25, 0.3) is 0 Å². The predicted octanol–water partition coefficient (Wildman–Crippen LogP) is 1.20. The van der Waals surface area contributed by atoms with Crippen LogP contribution in [0.1, 0.15) is 12.6 Å². The van der Waals surface area contributed by atoms with Crippen molar-refractivity contribution in [2.24, 2.45) is 7.05 Å². The first-order valence-corrected chi connectivity index (χ1v) is 4.14. The van der Waals surface area contributed by atoms with Gasteiger partial charge in [0.25, 0.3) is 11.6 Å². The topological polar surface area (TPSA) is 44.1 Å². The van der Waals surface area contributed by atoms with E-state index in [4.69, 9.17) is 4.74 Å². The molecular formula is C8H9F3N2O2. The summed E-state index contributed by atoms with van der Waals surface area (Å²) < 4.78 is 42.5. The van der Waals surface area contributed by atoms with Crippen molar-refractivity contribution in [3.8, 4) is 6.01 Å². The van der Waals surface area contributed by atoms with Gasteiger partial charge in [-0.2, -0.15) is 18.2 Å². The average molecular weight is 222 g/mol. The lowest BCUT2D eigenvalue weighted by Crippen LogP contribution is -2.23. The summed E-state index contributed by atoms with van der Waals surface area (Å²) in [4.78, 5) is 14.3. The molecule has 0 aliphatic rings. The van der Waals surface area contributed by atoms with Crippen LogP contribution in [0, 0.1) is 0 Å². The van der Waals surface area contributed by atoms with E-state index in [-0.39, 0.29) is 12.6 Å². The molecule has 0 aliphatic heterocycles. The van der Waals surface area contributed by atoms with Gasteiger partial charge in [-0.1, -0.05) is 0 Å². The normalized spacial score (nSPS) is 11.5. The second-order valence-corrected chi connectivity index (χ2v) is 2.75. The van der Waals surface area contributed by atoms with Crippen LogP contribution in [-0.2, 0) is 13.2 Å². The molecule has 1 heterocycles. The van der Waals surface area contributed by atoms with Crippen LogP contribution in [0.3, 0.4) is 0 Å². The summed E-state index contributed by atoms with van der Waals surface area (Å²) in [5.74, 6) is 0. The van der Waals surface area contributed by atoms with Crippen molar-refractivity contribution < 1.29 is 17.9 Å². The highest BCUT2D eigenvalue weighted by molar-refractivity contribution is 5.10. The van der Waals surface area contributed by atoms with E-state index in [1.54, 1.807) is 6.92 Å². The third-order valence-electron chi connectivity index (χ3n) is 1.66. The minimum Gasteiger partial charge on any atom is -0.465 e. The first kappa shape index (κ1) is 11.5. The molecule has 15 heavy (non-hydrogen) atoms. The summed E-state index contributed by atoms with van der Waals surface area (Å²) in [6.07, 6.45) is -4.64. The molecule has 0 aliphatic carbocycles. The zero-order valence-electron chi connectivity index (χ0n) is 8.13. The SMILES string of the molecule is CCOc1nc(C(F)(F)F)cc(=O)n1C. The van der Waals surface area contributed by atoms with Crippen molar-refractivity contribution in [3.05, 3.63) is 22.1 Å². The average Bonchev–Trinajstić information content (AvgIpc) is 2.11. The fourth-order valence-corrected chi connectivity index (χ4v) is 0.922. The Balaban J connectivity index is 3.30. The molecule has 0 saturated heterocycles. The Kier molecular flexibility index (Phi) is 3.01. The lowest BCUT2D eigenvalue weighted by Gasteiger charge is -2.10. The molecule has 7 heteroatoms. The standard InChI is InChI=1S/C8H9F3N2O2/c1-3-15-7-12-5(8(9,10)11)4-6(14)13(7)2/h4H,3H2,1-2H3. The van der Waals surface area contributed by atoms with Crippen LogP contribution in [-0.4, -0.2) is 16.2 Å². The van der Waals surface area contributed by atoms with Gasteiger partial charge < -0.3 is 4.74 Å². The molecule has 0 bridgehead atoms. The van der Waals surface area contributed by atoms with Crippen LogP contribution in [0.2, 0.25) is 0 Å². The van der Waals surface area contributed by atoms with Crippen LogP contribution in [0.4, 0.5) is 13.2 Å². The maximum Gasteiger partial charge on any atom is 0.433 e. The molecule has 0 aromatic carbocycles.